The number of halogens is 5. The number of hydrogen-bond acceptors (Lipinski definition) is 4. The zero-order valence-corrected chi connectivity index (χ0v) is 22.2. The number of aromatic nitrogens is 1. The number of nitrogens with zero attached hydrogens (tertiary/aromatic N) is 2. The number of carbonyl (C=O) groups excluding carboxylic acids is 2. The second-order valence-electron chi connectivity index (χ2n) is 6.57. The molecule has 154 valence electrons. The summed E-state index contributed by atoms with van der Waals surface area (Å²) in [6.07, 6.45) is 2.32. The van der Waals surface area contributed by atoms with E-state index in [1.807, 2.05) is 24.3 Å². The van der Waals surface area contributed by atoms with E-state index in [9.17, 15) is 9.59 Å². The number of hydrogen-bond donors (Lipinski definition) is 1. The summed E-state index contributed by atoms with van der Waals surface area (Å²) in [4.78, 5) is 31.4. The van der Waals surface area contributed by atoms with Gasteiger partial charge in [-0.25, -0.2) is 0 Å². The van der Waals surface area contributed by atoms with E-state index >= 15 is 0 Å². The second-order valence-corrected chi connectivity index (χ2v) is 10.2. The Morgan fingerprint density at radius 3 is 2.20 bits per heavy atom. The van der Waals surface area contributed by atoms with Gasteiger partial charge >= 0.3 is 0 Å². The van der Waals surface area contributed by atoms with Crippen LogP contribution in [-0.2, 0) is 0 Å². The van der Waals surface area contributed by atoms with Crippen LogP contribution in [0.25, 0.3) is 10.9 Å². The van der Waals surface area contributed by atoms with Gasteiger partial charge in [-0.2, -0.15) is 0 Å². The minimum Gasteiger partial charge on any atom is -0.384 e. The molecule has 0 radical (unpaired) electrons. The highest BCUT2D eigenvalue weighted by molar-refractivity contribution is 9.15. The first-order valence-corrected chi connectivity index (χ1v) is 12.4. The standard InChI is InChI=1S/C20H12Br4ClN3O2/c21-15-13-14(16(22)18(24)17(15)23)20(30)28(19(13)29)7-1-5-26-11-4-6-27-12-8-9(25)2-3-10(11)12/h2-4,6,8H,1,5,7H2,(H,26,27). The van der Waals surface area contributed by atoms with Gasteiger partial charge < -0.3 is 5.32 Å². The van der Waals surface area contributed by atoms with Crippen LogP contribution < -0.4 is 5.32 Å². The number of amides is 2. The molecule has 2 heterocycles. The van der Waals surface area contributed by atoms with Gasteiger partial charge in [-0.3, -0.25) is 19.5 Å². The number of fused-ring (bicyclic) bond motifs is 2. The zero-order chi connectivity index (χ0) is 21.6. The summed E-state index contributed by atoms with van der Waals surface area (Å²) >= 11 is 19.8. The van der Waals surface area contributed by atoms with Gasteiger partial charge in [0.25, 0.3) is 11.8 Å². The Morgan fingerprint density at radius 1 is 0.933 bits per heavy atom. The lowest BCUT2D eigenvalue weighted by Gasteiger charge is -2.15. The van der Waals surface area contributed by atoms with Gasteiger partial charge in [0, 0.05) is 53.3 Å². The van der Waals surface area contributed by atoms with Crippen molar-refractivity contribution in [3.05, 3.63) is 64.5 Å². The molecule has 1 aliphatic heterocycles. The Morgan fingerprint density at radius 2 is 1.57 bits per heavy atom. The van der Waals surface area contributed by atoms with Crippen molar-refractivity contribution in [2.45, 2.75) is 6.42 Å². The Kier molecular flexibility index (Phi) is 6.56. The van der Waals surface area contributed by atoms with Crippen molar-refractivity contribution in [1.82, 2.24) is 9.88 Å². The molecule has 10 heteroatoms. The predicted molar refractivity (Wildman–Crippen MR) is 132 cm³/mol. The quantitative estimate of drug-likeness (QED) is 0.136. The van der Waals surface area contributed by atoms with E-state index in [4.69, 9.17) is 11.6 Å². The molecule has 1 aliphatic rings. The Labute approximate surface area is 211 Å². The van der Waals surface area contributed by atoms with Crippen LogP contribution in [-0.4, -0.2) is 34.8 Å². The molecule has 30 heavy (non-hydrogen) atoms. The molecular formula is C20H12Br4ClN3O2. The summed E-state index contributed by atoms with van der Waals surface area (Å²) in [5.41, 5.74) is 2.47. The van der Waals surface area contributed by atoms with Crippen LogP contribution in [0.2, 0.25) is 5.02 Å². The van der Waals surface area contributed by atoms with E-state index in [1.54, 1.807) is 6.20 Å². The van der Waals surface area contributed by atoms with Crippen molar-refractivity contribution < 1.29 is 9.59 Å². The first-order valence-electron chi connectivity index (χ1n) is 8.81. The molecule has 0 aliphatic carbocycles. The number of pyridine rings is 1. The molecule has 3 aromatic rings. The molecule has 0 unspecified atom stereocenters. The minimum atomic E-state index is -0.306. The van der Waals surface area contributed by atoms with Crippen molar-refractivity contribution in [1.29, 1.82) is 0 Å². The van der Waals surface area contributed by atoms with E-state index in [0.29, 0.717) is 53.6 Å². The van der Waals surface area contributed by atoms with Crippen molar-refractivity contribution in [3.8, 4) is 0 Å². The van der Waals surface area contributed by atoms with Crippen LogP contribution in [0, 0.1) is 0 Å². The Bertz CT molecular complexity index is 1170. The number of anilines is 1. The molecule has 0 saturated carbocycles. The SMILES string of the molecule is O=C1c2c(Br)c(Br)c(Br)c(Br)c2C(=O)N1CCCNc1ccnc2cc(Cl)ccc12. The van der Waals surface area contributed by atoms with Crippen LogP contribution in [0.1, 0.15) is 27.1 Å². The topological polar surface area (TPSA) is 62.3 Å². The minimum absolute atomic E-state index is 0.306. The van der Waals surface area contributed by atoms with Crippen LogP contribution in [0.3, 0.4) is 0 Å². The lowest BCUT2D eigenvalue weighted by Crippen LogP contribution is -2.31. The van der Waals surface area contributed by atoms with E-state index in [2.05, 4.69) is 74.0 Å². The van der Waals surface area contributed by atoms with Gasteiger partial charge in [0.05, 0.1) is 16.6 Å². The molecule has 5 nitrogen and oxygen atoms in total. The highest BCUT2D eigenvalue weighted by Crippen LogP contribution is 2.45. The molecule has 2 amide bonds. The van der Waals surface area contributed by atoms with Gasteiger partial charge in [0.2, 0.25) is 0 Å². The monoisotopic (exact) mass is 677 g/mol. The molecular weight excluding hydrogens is 669 g/mol. The summed E-state index contributed by atoms with van der Waals surface area (Å²) < 4.78 is 2.49. The second kappa shape index (κ2) is 8.86. The molecule has 0 fully saturated rings. The predicted octanol–water partition coefficient (Wildman–Crippen LogP) is 7.04. The fourth-order valence-corrected chi connectivity index (χ4v) is 5.96. The first kappa shape index (κ1) is 22.2. The molecule has 0 saturated heterocycles. The summed E-state index contributed by atoms with van der Waals surface area (Å²) in [5.74, 6) is -0.612. The summed E-state index contributed by atoms with van der Waals surface area (Å²) in [6.45, 7) is 0.896. The van der Waals surface area contributed by atoms with Crippen molar-refractivity contribution in [3.63, 3.8) is 0 Å². The van der Waals surface area contributed by atoms with Crippen molar-refractivity contribution in [2.75, 3.05) is 18.4 Å². The van der Waals surface area contributed by atoms with E-state index < -0.39 is 0 Å². The number of carbonyl (C=O) groups is 2. The molecule has 0 atom stereocenters. The van der Waals surface area contributed by atoms with Gasteiger partial charge in [-0.05, 0) is 94.4 Å². The van der Waals surface area contributed by atoms with Crippen LogP contribution in [0.4, 0.5) is 5.69 Å². The molecule has 0 bridgehead atoms. The lowest BCUT2D eigenvalue weighted by molar-refractivity contribution is 0.0653. The smallest absolute Gasteiger partial charge is 0.262 e. The lowest BCUT2D eigenvalue weighted by atomic mass is 10.1. The normalized spacial score (nSPS) is 13.3. The first-order chi connectivity index (χ1) is 14.3. The van der Waals surface area contributed by atoms with Crippen LogP contribution in [0.15, 0.2) is 48.4 Å². The average Bonchev–Trinajstić information content (AvgIpc) is 2.98. The van der Waals surface area contributed by atoms with Crippen molar-refractivity contribution >= 4 is 104 Å². The molecule has 1 aromatic heterocycles. The fourth-order valence-electron chi connectivity index (χ4n) is 3.33. The van der Waals surface area contributed by atoms with Crippen molar-refractivity contribution in [2.24, 2.45) is 0 Å². The number of rotatable bonds is 5. The molecule has 1 N–H and O–H groups in total. The van der Waals surface area contributed by atoms with Crippen LogP contribution in [0.5, 0.6) is 0 Å². The van der Waals surface area contributed by atoms with E-state index in [0.717, 1.165) is 16.6 Å². The number of imide groups is 1. The molecule has 2 aromatic carbocycles. The van der Waals surface area contributed by atoms with Gasteiger partial charge in [0.1, 0.15) is 0 Å². The third kappa shape index (κ3) is 3.83. The van der Waals surface area contributed by atoms with Gasteiger partial charge in [-0.1, -0.05) is 11.6 Å². The Hall–Kier alpha value is -1.00. The van der Waals surface area contributed by atoms with Gasteiger partial charge in [0.15, 0.2) is 0 Å². The zero-order valence-electron chi connectivity index (χ0n) is 15.1. The third-order valence-corrected chi connectivity index (χ3v) is 9.77. The molecule has 0 spiro atoms. The third-order valence-electron chi connectivity index (χ3n) is 4.76. The fraction of sp³-hybridized carbons (Fsp3) is 0.150. The maximum absolute atomic E-state index is 12.9. The maximum atomic E-state index is 12.9. The van der Waals surface area contributed by atoms with E-state index in [1.165, 1.54) is 4.90 Å². The number of benzene rings is 2. The average molecular weight is 681 g/mol. The Balaban J connectivity index is 1.47. The summed E-state index contributed by atoms with van der Waals surface area (Å²) in [6, 6.07) is 7.44. The summed E-state index contributed by atoms with van der Waals surface area (Å²) in [7, 11) is 0. The van der Waals surface area contributed by atoms with E-state index in [-0.39, 0.29) is 11.8 Å². The maximum Gasteiger partial charge on any atom is 0.262 e. The highest BCUT2D eigenvalue weighted by atomic mass is 79.9. The largest absolute Gasteiger partial charge is 0.384 e. The van der Waals surface area contributed by atoms with Gasteiger partial charge in [-0.15, -0.1) is 0 Å². The summed E-state index contributed by atoms with van der Waals surface area (Å²) in [5, 5.41) is 4.95. The molecule has 4 rings (SSSR count). The number of nitrogens with one attached hydrogen (secondary N) is 1. The highest BCUT2D eigenvalue weighted by Gasteiger charge is 2.40. The van der Waals surface area contributed by atoms with Crippen LogP contribution >= 0.6 is 75.3 Å².